The summed E-state index contributed by atoms with van der Waals surface area (Å²) in [4.78, 5) is 0. The Morgan fingerprint density at radius 2 is 1.78 bits per heavy atom. The van der Waals surface area contributed by atoms with Crippen molar-refractivity contribution in [3.8, 4) is 0 Å². The molecular formula is C5H14O3Si. The minimum atomic E-state index is -1.82. The standard InChI is InChI=1S/C5H14O3Si/c1-6-5-8-9(3,4)7-2/h5H2,1-4H3. The fourth-order valence-electron chi connectivity index (χ4n) is 0.260. The molecule has 0 aromatic carbocycles. The van der Waals surface area contributed by atoms with Crippen LogP contribution < -0.4 is 0 Å². The van der Waals surface area contributed by atoms with Crippen molar-refractivity contribution in [3.05, 3.63) is 0 Å². The van der Waals surface area contributed by atoms with Gasteiger partial charge in [-0.05, 0) is 13.1 Å². The molecule has 0 fully saturated rings. The number of methoxy groups -OCH3 is 1. The van der Waals surface area contributed by atoms with E-state index in [9.17, 15) is 0 Å². The van der Waals surface area contributed by atoms with E-state index >= 15 is 0 Å². The average molecular weight is 150 g/mol. The maximum Gasteiger partial charge on any atom is 0.333 e. The van der Waals surface area contributed by atoms with Crippen LogP contribution in [0, 0.1) is 0 Å². The average Bonchev–Trinajstić information content (AvgIpc) is 1.84. The van der Waals surface area contributed by atoms with Crippen LogP contribution in [0.4, 0.5) is 0 Å². The smallest absolute Gasteiger partial charge is 0.333 e. The first-order valence-corrected chi connectivity index (χ1v) is 5.62. The monoisotopic (exact) mass is 150 g/mol. The van der Waals surface area contributed by atoms with Gasteiger partial charge in [-0.3, -0.25) is 0 Å². The summed E-state index contributed by atoms with van der Waals surface area (Å²) in [6.07, 6.45) is 0. The quantitative estimate of drug-likeness (QED) is 0.441. The first-order chi connectivity index (χ1) is 4.12. The summed E-state index contributed by atoms with van der Waals surface area (Å²) >= 11 is 0. The molecule has 9 heavy (non-hydrogen) atoms. The minimum Gasteiger partial charge on any atom is -0.398 e. The molecule has 0 aliphatic carbocycles. The van der Waals surface area contributed by atoms with Crippen molar-refractivity contribution in [2.75, 3.05) is 21.0 Å². The number of hydrogen-bond acceptors (Lipinski definition) is 3. The molecule has 56 valence electrons. The maximum absolute atomic E-state index is 5.22. The normalized spacial score (nSPS) is 12.0. The van der Waals surface area contributed by atoms with Gasteiger partial charge in [-0.15, -0.1) is 0 Å². The largest absolute Gasteiger partial charge is 0.398 e. The van der Waals surface area contributed by atoms with Gasteiger partial charge in [-0.2, -0.15) is 0 Å². The van der Waals surface area contributed by atoms with Crippen LogP contribution in [0.1, 0.15) is 0 Å². The molecule has 0 spiro atoms. The first-order valence-electron chi connectivity index (χ1n) is 2.80. The van der Waals surface area contributed by atoms with E-state index in [1.165, 1.54) is 0 Å². The van der Waals surface area contributed by atoms with Gasteiger partial charge in [0.2, 0.25) is 0 Å². The SMILES string of the molecule is COCO[Si](C)(C)OC. The van der Waals surface area contributed by atoms with Crippen LogP contribution >= 0.6 is 0 Å². The van der Waals surface area contributed by atoms with Gasteiger partial charge in [0.05, 0.1) is 0 Å². The summed E-state index contributed by atoms with van der Waals surface area (Å²) in [6.45, 7) is 4.26. The van der Waals surface area contributed by atoms with Gasteiger partial charge < -0.3 is 13.6 Å². The van der Waals surface area contributed by atoms with Crippen molar-refractivity contribution in [2.45, 2.75) is 13.1 Å². The molecule has 0 unspecified atom stereocenters. The highest BCUT2D eigenvalue weighted by molar-refractivity contribution is 6.64. The molecular weight excluding hydrogens is 136 g/mol. The van der Waals surface area contributed by atoms with Crippen LogP contribution in [-0.2, 0) is 13.6 Å². The Kier molecular flexibility index (Phi) is 4.04. The summed E-state index contributed by atoms with van der Waals surface area (Å²) in [7, 11) is 1.43. The molecule has 0 aromatic rings. The summed E-state index contributed by atoms with van der Waals surface area (Å²) in [5.74, 6) is 0. The van der Waals surface area contributed by atoms with Crippen LogP contribution in [0.5, 0.6) is 0 Å². The second-order valence-corrected chi connectivity index (χ2v) is 5.65. The lowest BCUT2D eigenvalue weighted by Crippen LogP contribution is -2.33. The first kappa shape index (κ1) is 9.10. The predicted molar refractivity (Wildman–Crippen MR) is 37.5 cm³/mol. The second-order valence-electron chi connectivity index (χ2n) is 2.15. The molecule has 0 atom stereocenters. The van der Waals surface area contributed by atoms with Crippen LogP contribution in [0.2, 0.25) is 13.1 Å². The molecule has 0 saturated carbocycles. The summed E-state index contributed by atoms with van der Waals surface area (Å²) in [6, 6.07) is 0. The molecule has 0 heterocycles. The van der Waals surface area contributed by atoms with E-state index in [2.05, 4.69) is 0 Å². The Morgan fingerprint density at radius 1 is 1.22 bits per heavy atom. The Morgan fingerprint density at radius 3 is 2.11 bits per heavy atom. The van der Waals surface area contributed by atoms with Gasteiger partial charge in [0, 0.05) is 14.2 Å². The molecule has 0 amide bonds. The van der Waals surface area contributed by atoms with Crippen LogP contribution in [0.25, 0.3) is 0 Å². The molecule has 4 heteroatoms. The van der Waals surface area contributed by atoms with Gasteiger partial charge >= 0.3 is 8.56 Å². The highest BCUT2D eigenvalue weighted by atomic mass is 28.4. The van der Waals surface area contributed by atoms with E-state index < -0.39 is 8.56 Å². The summed E-state index contributed by atoms with van der Waals surface area (Å²) < 4.78 is 15.0. The molecule has 0 rings (SSSR count). The van der Waals surface area contributed by atoms with E-state index in [1.54, 1.807) is 14.2 Å². The van der Waals surface area contributed by atoms with E-state index in [4.69, 9.17) is 13.6 Å². The highest BCUT2D eigenvalue weighted by Gasteiger charge is 2.21. The summed E-state index contributed by atoms with van der Waals surface area (Å²) in [5.41, 5.74) is 0. The van der Waals surface area contributed by atoms with Crippen molar-refractivity contribution in [1.82, 2.24) is 0 Å². The van der Waals surface area contributed by atoms with Gasteiger partial charge in [0.15, 0.2) is 0 Å². The minimum absolute atomic E-state index is 0.326. The molecule has 0 saturated heterocycles. The van der Waals surface area contributed by atoms with Crippen LogP contribution in [0.15, 0.2) is 0 Å². The topological polar surface area (TPSA) is 27.7 Å². The van der Waals surface area contributed by atoms with E-state index in [0.717, 1.165) is 0 Å². The molecule has 3 nitrogen and oxygen atoms in total. The maximum atomic E-state index is 5.22. The second kappa shape index (κ2) is 4.00. The lowest BCUT2D eigenvalue weighted by Gasteiger charge is -2.18. The zero-order valence-electron chi connectivity index (χ0n) is 6.43. The third-order valence-electron chi connectivity index (χ3n) is 1.02. The Bertz CT molecular complexity index is 74.6. The van der Waals surface area contributed by atoms with Crippen molar-refractivity contribution in [1.29, 1.82) is 0 Å². The predicted octanol–water partition coefficient (Wildman–Crippen LogP) is 0.955. The summed E-state index contributed by atoms with van der Waals surface area (Å²) in [5, 5.41) is 0. The lowest BCUT2D eigenvalue weighted by atomic mass is 11.4. The third kappa shape index (κ3) is 4.59. The lowest BCUT2D eigenvalue weighted by molar-refractivity contribution is 0.0258. The van der Waals surface area contributed by atoms with Gasteiger partial charge in [-0.1, -0.05) is 0 Å². The van der Waals surface area contributed by atoms with Crippen molar-refractivity contribution < 1.29 is 13.6 Å². The van der Waals surface area contributed by atoms with E-state index in [0.29, 0.717) is 6.79 Å². The van der Waals surface area contributed by atoms with Gasteiger partial charge in [0.25, 0.3) is 0 Å². The Hall–Kier alpha value is 0.0969. The fourth-order valence-corrected chi connectivity index (χ4v) is 0.779. The zero-order valence-corrected chi connectivity index (χ0v) is 7.43. The van der Waals surface area contributed by atoms with E-state index in [-0.39, 0.29) is 0 Å². The Balaban J connectivity index is 3.33. The van der Waals surface area contributed by atoms with Crippen LogP contribution in [-0.4, -0.2) is 29.6 Å². The molecule has 0 radical (unpaired) electrons. The van der Waals surface area contributed by atoms with Crippen molar-refractivity contribution in [3.63, 3.8) is 0 Å². The number of hydrogen-bond donors (Lipinski definition) is 0. The molecule has 0 aliphatic heterocycles. The fraction of sp³-hybridized carbons (Fsp3) is 1.00. The Labute approximate surface area is 57.2 Å². The number of rotatable bonds is 4. The molecule has 0 N–H and O–H groups in total. The zero-order chi connectivity index (χ0) is 7.33. The van der Waals surface area contributed by atoms with Gasteiger partial charge in [0.1, 0.15) is 6.79 Å². The van der Waals surface area contributed by atoms with Crippen molar-refractivity contribution >= 4 is 8.56 Å². The third-order valence-corrected chi connectivity index (χ3v) is 2.81. The molecule has 0 bridgehead atoms. The van der Waals surface area contributed by atoms with Gasteiger partial charge in [-0.25, -0.2) is 0 Å². The molecule has 0 aliphatic rings. The van der Waals surface area contributed by atoms with Crippen molar-refractivity contribution in [2.24, 2.45) is 0 Å². The number of ether oxygens (including phenoxy) is 1. The van der Waals surface area contributed by atoms with Crippen LogP contribution in [0.3, 0.4) is 0 Å². The highest BCUT2D eigenvalue weighted by Crippen LogP contribution is 2.02. The molecule has 0 aromatic heterocycles. The van der Waals surface area contributed by atoms with E-state index in [1.807, 2.05) is 13.1 Å².